The lowest BCUT2D eigenvalue weighted by Crippen LogP contribution is -2.60. The first-order valence-electron chi connectivity index (χ1n) is 6.35. The first-order valence-corrected chi connectivity index (χ1v) is 6.35. The SMILES string of the molecule is CCN(C(=O)NC1CCC(=O)NC1=O)C(C)(C)C(=O)O. The minimum atomic E-state index is -1.39. The summed E-state index contributed by atoms with van der Waals surface area (Å²) < 4.78 is 0. The van der Waals surface area contributed by atoms with E-state index in [1.165, 1.54) is 13.8 Å². The summed E-state index contributed by atoms with van der Waals surface area (Å²) in [6.07, 6.45) is 0.354. The van der Waals surface area contributed by atoms with Gasteiger partial charge >= 0.3 is 12.0 Å². The molecule has 4 amide bonds. The molecule has 1 rings (SSSR count). The Morgan fingerprint density at radius 1 is 1.45 bits per heavy atom. The molecule has 0 spiro atoms. The lowest BCUT2D eigenvalue weighted by molar-refractivity contribution is -0.147. The number of amides is 4. The van der Waals surface area contributed by atoms with Gasteiger partial charge in [0.05, 0.1) is 0 Å². The molecule has 0 saturated carbocycles. The molecule has 8 heteroatoms. The van der Waals surface area contributed by atoms with Crippen LogP contribution >= 0.6 is 0 Å². The van der Waals surface area contributed by atoms with Crippen LogP contribution in [-0.4, -0.2) is 51.9 Å². The Morgan fingerprint density at radius 3 is 2.50 bits per heavy atom. The second-order valence-electron chi connectivity index (χ2n) is 5.06. The molecule has 0 aromatic rings. The van der Waals surface area contributed by atoms with E-state index in [1.54, 1.807) is 6.92 Å². The normalized spacial score (nSPS) is 19.2. The van der Waals surface area contributed by atoms with E-state index in [4.69, 9.17) is 5.11 Å². The summed E-state index contributed by atoms with van der Waals surface area (Å²) in [5, 5.41) is 13.7. The van der Waals surface area contributed by atoms with Crippen molar-refractivity contribution in [3.05, 3.63) is 0 Å². The molecule has 112 valence electrons. The average molecular weight is 285 g/mol. The smallest absolute Gasteiger partial charge is 0.329 e. The molecule has 8 nitrogen and oxygen atoms in total. The van der Waals surface area contributed by atoms with Crippen molar-refractivity contribution in [1.82, 2.24) is 15.5 Å². The third-order valence-corrected chi connectivity index (χ3v) is 3.30. The first-order chi connectivity index (χ1) is 9.20. The Labute approximate surface area is 116 Å². The number of carboxylic acids is 1. The molecule has 1 aliphatic heterocycles. The highest BCUT2D eigenvalue weighted by Gasteiger charge is 2.38. The summed E-state index contributed by atoms with van der Waals surface area (Å²) in [6.45, 7) is 4.64. The second-order valence-corrected chi connectivity index (χ2v) is 5.06. The summed E-state index contributed by atoms with van der Waals surface area (Å²) >= 11 is 0. The third kappa shape index (κ3) is 3.25. The maximum Gasteiger partial charge on any atom is 0.329 e. The van der Waals surface area contributed by atoms with Crippen molar-refractivity contribution in [3.8, 4) is 0 Å². The lowest BCUT2D eigenvalue weighted by Gasteiger charge is -2.35. The maximum absolute atomic E-state index is 12.1. The zero-order valence-electron chi connectivity index (χ0n) is 11.7. The van der Waals surface area contributed by atoms with Gasteiger partial charge in [0.2, 0.25) is 11.8 Å². The van der Waals surface area contributed by atoms with Crippen LogP contribution in [0.2, 0.25) is 0 Å². The number of nitrogens with zero attached hydrogens (tertiary/aromatic N) is 1. The lowest BCUT2D eigenvalue weighted by atomic mass is 10.0. The van der Waals surface area contributed by atoms with Gasteiger partial charge in [-0.2, -0.15) is 0 Å². The van der Waals surface area contributed by atoms with Crippen LogP contribution in [0.3, 0.4) is 0 Å². The van der Waals surface area contributed by atoms with Crippen LogP contribution in [0, 0.1) is 0 Å². The fraction of sp³-hybridized carbons (Fsp3) is 0.667. The quantitative estimate of drug-likeness (QED) is 0.612. The van der Waals surface area contributed by atoms with Gasteiger partial charge in [-0.3, -0.25) is 14.9 Å². The van der Waals surface area contributed by atoms with E-state index in [0.717, 1.165) is 4.90 Å². The third-order valence-electron chi connectivity index (χ3n) is 3.30. The predicted octanol–water partition coefficient (Wildman–Crippen LogP) is -0.314. The molecule has 0 bridgehead atoms. The molecule has 1 atom stereocenters. The molecule has 1 fully saturated rings. The zero-order valence-corrected chi connectivity index (χ0v) is 11.7. The van der Waals surface area contributed by atoms with Crippen molar-refractivity contribution in [1.29, 1.82) is 0 Å². The molecule has 1 unspecified atom stereocenters. The Hall–Kier alpha value is -2.12. The highest BCUT2D eigenvalue weighted by molar-refractivity contribution is 6.01. The minimum absolute atomic E-state index is 0.144. The maximum atomic E-state index is 12.1. The van der Waals surface area contributed by atoms with Gasteiger partial charge < -0.3 is 15.3 Å². The fourth-order valence-electron chi connectivity index (χ4n) is 1.97. The average Bonchev–Trinajstić information content (AvgIpc) is 2.33. The van der Waals surface area contributed by atoms with Crippen molar-refractivity contribution in [3.63, 3.8) is 0 Å². The van der Waals surface area contributed by atoms with Gasteiger partial charge in [0, 0.05) is 13.0 Å². The Kier molecular flexibility index (Phi) is 4.69. The number of hydrogen-bond acceptors (Lipinski definition) is 4. The number of rotatable bonds is 4. The highest BCUT2D eigenvalue weighted by Crippen LogP contribution is 2.15. The van der Waals surface area contributed by atoms with Crippen LogP contribution in [0.1, 0.15) is 33.6 Å². The number of likely N-dealkylation sites (N-methyl/N-ethyl adjacent to an activating group) is 1. The van der Waals surface area contributed by atoms with Gasteiger partial charge in [0.25, 0.3) is 0 Å². The van der Waals surface area contributed by atoms with Gasteiger partial charge in [-0.1, -0.05) is 0 Å². The van der Waals surface area contributed by atoms with Crippen LogP contribution < -0.4 is 10.6 Å². The van der Waals surface area contributed by atoms with Crippen molar-refractivity contribution < 1.29 is 24.3 Å². The van der Waals surface area contributed by atoms with E-state index >= 15 is 0 Å². The zero-order chi connectivity index (χ0) is 15.5. The van der Waals surface area contributed by atoms with Crippen LogP contribution in [0.4, 0.5) is 4.79 Å². The summed E-state index contributed by atoms with van der Waals surface area (Å²) in [5.41, 5.74) is -1.39. The Balaban J connectivity index is 2.76. The molecule has 1 aliphatic rings. The van der Waals surface area contributed by atoms with E-state index in [0.29, 0.717) is 0 Å². The molecule has 3 N–H and O–H groups in total. The summed E-state index contributed by atoms with van der Waals surface area (Å²) in [5.74, 6) is -2.09. The van der Waals surface area contributed by atoms with Crippen LogP contribution in [0.5, 0.6) is 0 Å². The number of carbonyl (C=O) groups is 4. The van der Waals surface area contributed by atoms with Crippen LogP contribution in [0.15, 0.2) is 0 Å². The van der Waals surface area contributed by atoms with Crippen molar-refractivity contribution >= 4 is 23.8 Å². The molecule has 0 aromatic heterocycles. The Morgan fingerprint density at radius 2 is 2.05 bits per heavy atom. The molecule has 1 heterocycles. The molecular formula is C12H19N3O5. The van der Waals surface area contributed by atoms with Gasteiger partial charge in [0.15, 0.2) is 0 Å². The van der Waals surface area contributed by atoms with E-state index in [-0.39, 0.29) is 25.3 Å². The highest BCUT2D eigenvalue weighted by atomic mass is 16.4. The molecule has 0 radical (unpaired) electrons. The topological polar surface area (TPSA) is 116 Å². The monoisotopic (exact) mass is 285 g/mol. The van der Waals surface area contributed by atoms with Crippen LogP contribution in [-0.2, 0) is 14.4 Å². The molecule has 0 aromatic carbocycles. The van der Waals surface area contributed by atoms with Gasteiger partial charge in [-0.15, -0.1) is 0 Å². The van der Waals surface area contributed by atoms with Gasteiger partial charge in [-0.05, 0) is 27.2 Å². The van der Waals surface area contributed by atoms with E-state index in [9.17, 15) is 19.2 Å². The van der Waals surface area contributed by atoms with E-state index in [2.05, 4.69) is 10.6 Å². The van der Waals surface area contributed by atoms with Crippen molar-refractivity contribution in [2.45, 2.75) is 45.2 Å². The van der Waals surface area contributed by atoms with Crippen molar-refractivity contribution in [2.75, 3.05) is 6.54 Å². The van der Waals surface area contributed by atoms with Crippen molar-refractivity contribution in [2.24, 2.45) is 0 Å². The summed E-state index contributed by atoms with van der Waals surface area (Å²) in [7, 11) is 0. The van der Waals surface area contributed by atoms with Gasteiger partial charge in [0.1, 0.15) is 11.6 Å². The molecular weight excluding hydrogens is 266 g/mol. The van der Waals surface area contributed by atoms with E-state index in [1.807, 2.05) is 0 Å². The summed E-state index contributed by atoms with van der Waals surface area (Å²) in [6, 6.07) is -1.46. The van der Waals surface area contributed by atoms with E-state index < -0.39 is 29.5 Å². The van der Waals surface area contributed by atoms with Gasteiger partial charge in [-0.25, -0.2) is 9.59 Å². The summed E-state index contributed by atoms with van der Waals surface area (Å²) in [4.78, 5) is 47.0. The standard InChI is InChI=1S/C12H19N3O5/c1-4-15(12(2,3)10(18)19)11(20)13-7-5-6-8(16)14-9(7)17/h7H,4-6H2,1-3H3,(H,13,20)(H,18,19)(H,14,16,17). The number of hydrogen-bond donors (Lipinski definition) is 3. The number of carbonyl (C=O) groups excluding carboxylic acids is 3. The second kappa shape index (κ2) is 5.89. The predicted molar refractivity (Wildman–Crippen MR) is 68.8 cm³/mol. The number of carboxylic acid groups (broad SMARTS) is 1. The molecule has 1 saturated heterocycles. The molecule has 0 aliphatic carbocycles. The fourth-order valence-corrected chi connectivity index (χ4v) is 1.97. The number of urea groups is 1. The number of imide groups is 1. The number of nitrogens with one attached hydrogen (secondary N) is 2. The largest absolute Gasteiger partial charge is 0.480 e. The number of aliphatic carboxylic acids is 1. The van der Waals surface area contributed by atoms with Crippen LogP contribution in [0.25, 0.3) is 0 Å². The minimum Gasteiger partial charge on any atom is -0.480 e. The Bertz CT molecular complexity index is 446. The number of piperidine rings is 1. The first kappa shape index (κ1) is 15.9. The molecule has 20 heavy (non-hydrogen) atoms.